The highest BCUT2D eigenvalue weighted by Gasteiger charge is 2.28. The maximum Gasteiger partial charge on any atom is 0.337 e. The summed E-state index contributed by atoms with van der Waals surface area (Å²) in [7, 11) is 1.30. The van der Waals surface area contributed by atoms with Crippen LogP contribution in [0.3, 0.4) is 0 Å². The van der Waals surface area contributed by atoms with Gasteiger partial charge >= 0.3 is 5.97 Å². The third-order valence-electron chi connectivity index (χ3n) is 3.21. The minimum Gasteiger partial charge on any atom is -0.465 e. The molecule has 0 heterocycles. The van der Waals surface area contributed by atoms with Crippen LogP contribution in [0.4, 0.5) is 5.69 Å². The van der Waals surface area contributed by atoms with Crippen LogP contribution < -0.4 is 10.6 Å². The molecule has 6 nitrogen and oxygen atoms in total. The van der Waals surface area contributed by atoms with Gasteiger partial charge in [-0.15, -0.1) is 0 Å². The summed E-state index contributed by atoms with van der Waals surface area (Å²) >= 11 is 3.36. The lowest BCUT2D eigenvalue weighted by Crippen LogP contribution is -2.39. The van der Waals surface area contributed by atoms with Crippen molar-refractivity contribution in [2.45, 2.75) is 32.0 Å². The molecule has 1 aromatic carbocycles. The van der Waals surface area contributed by atoms with E-state index in [1.54, 1.807) is 18.2 Å². The fourth-order valence-corrected chi connectivity index (χ4v) is 2.01. The molecule has 0 fully saturated rings. The molecule has 0 spiro atoms. The number of benzene rings is 1. The first-order valence-electron chi connectivity index (χ1n) is 7.55. The second-order valence-electron chi connectivity index (χ2n) is 6.39. The number of alkyl halides is 1. The largest absolute Gasteiger partial charge is 0.465 e. The Morgan fingerprint density at radius 1 is 1.25 bits per heavy atom. The molecule has 0 aliphatic carbocycles. The van der Waals surface area contributed by atoms with E-state index >= 15 is 0 Å². The summed E-state index contributed by atoms with van der Waals surface area (Å²) in [5, 5.41) is 5.41. The Morgan fingerprint density at radius 2 is 1.92 bits per heavy atom. The molecule has 132 valence electrons. The van der Waals surface area contributed by atoms with Crippen molar-refractivity contribution in [2.24, 2.45) is 5.41 Å². The number of rotatable bonds is 6. The highest BCUT2D eigenvalue weighted by atomic mass is 79.9. The van der Waals surface area contributed by atoms with Gasteiger partial charge in [0, 0.05) is 18.7 Å². The van der Waals surface area contributed by atoms with E-state index in [0.717, 1.165) is 0 Å². The molecule has 0 saturated carbocycles. The number of hydrogen-bond donors (Lipinski definition) is 2. The van der Waals surface area contributed by atoms with Crippen molar-refractivity contribution in [2.75, 3.05) is 19.0 Å². The maximum absolute atomic E-state index is 11.9. The minimum absolute atomic E-state index is 0.137. The van der Waals surface area contributed by atoms with Crippen LogP contribution in [0, 0.1) is 5.41 Å². The second kappa shape index (κ2) is 8.82. The molecular weight excluding hydrogens is 376 g/mol. The van der Waals surface area contributed by atoms with Gasteiger partial charge in [0.25, 0.3) is 0 Å². The third kappa shape index (κ3) is 6.31. The lowest BCUT2D eigenvalue weighted by molar-refractivity contribution is -0.122. The molecular formula is C17H23BrN2O4. The van der Waals surface area contributed by atoms with E-state index in [9.17, 15) is 14.4 Å². The Labute approximate surface area is 150 Å². The van der Waals surface area contributed by atoms with Gasteiger partial charge in [-0.3, -0.25) is 9.59 Å². The zero-order chi connectivity index (χ0) is 18.3. The molecule has 24 heavy (non-hydrogen) atoms. The molecule has 1 aromatic rings. The van der Waals surface area contributed by atoms with Crippen LogP contribution >= 0.6 is 15.9 Å². The number of carbonyl (C=O) groups is 3. The van der Waals surface area contributed by atoms with Gasteiger partial charge in [0.05, 0.1) is 17.5 Å². The van der Waals surface area contributed by atoms with E-state index in [1.807, 2.05) is 20.8 Å². The summed E-state index contributed by atoms with van der Waals surface area (Å²) in [6.07, 6.45) is 0.137. The molecule has 0 aliphatic heterocycles. The first-order valence-corrected chi connectivity index (χ1v) is 8.46. The molecule has 0 saturated heterocycles. The molecule has 0 aliphatic rings. The molecule has 0 aromatic heterocycles. The summed E-state index contributed by atoms with van der Waals surface area (Å²) in [5.41, 5.74) is 0.652. The van der Waals surface area contributed by atoms with Crippen LogP contribution in [-0.2, 0) is 14.3 Å². The van der Waals surface area contributed by atoms with E-state index in [4.69, 9.17) is 0 Å². The monoisotopic (exact) mass is 398 g/mol. The summed E-state index contributed by atoms with van der Waals surface area (Å²) < 4.78 is 4.63. The van der Waals surface area contributed by atoms with Crippen LogP contribution in [-0.4, -0.2) is 36.3 Å². The average molecular weight is 399 g/mol. The fourth-order valence-electron chi connectivity index (χ4n) is 1.85. The van der Waals surface area contributed by atoms with Crippen molar-refractivity contribution in [3.63, 3.8) is 0 Å². The zero-order valence-corrected chi connectivity index (χ0v) is 15.9. The lowest BCUT2D eigenvalue weighted by Gasteiger charge is -2.24. The minimum atomic E-state index is -0.469. The lowest BCUT2D eigenvalue weighted by atomic mass is 9.92. The van der Waals surface area contributed by atoms with Crippen molar-refractivity contribution in [1.82, 2.24) is 5.32 Å². The first kappa shape index (κ1) is 20.2. The number of anilines is 1. The van der Waals surface area contributed by atoms with E-state index in [-0.39, 0.29) is 35.0 Å². The second-order valence-corrected chi connectivity index (χ2v) is 7.31. The third-order valence-corrected chi connectivity index (χ3v) is 5.00. The summed E-state index contributed by atoms with van der Waals surface area (Å²) in [4.78, 5) is 35.0. The summed E-state index contributed by atoms with van der Waals surface area (Å²) in [6, 6.07) is 6.47. The number of hydrogen-bond acceptors (Lipinski definition) is 4. The van der Waals surface area contributed by atoms with Crippen molar-refractivity contribution in [1.29, 1.82) is 0 Å². The number of ether oxygens (including phenoxy) is 1. The number of nitrogens with one attached hydrogen (secondary N) is 2. The van der Waals surface area contributed by atoms with Gasteiger partial charge in [0.1, 0.15) is 0 Å². The van der Waals surface area contributed by atoms with Gasteiger partial charge in [-0.05, 0) is 23.6 Å². The molecule has 0 bridgehead atoms. The molecule has 1 rings (SSSR count). The highest BCUT2D eigenvalue weighted by Crippen LogP contribution is 2.25. The van der Waals surface area contributed by atoms with Gasteiger partial charge in [0.15, 0.2) is 0 Å². The van der Waals surface area contributed by atoms with Crippen LogP contribution in [0.15, 0.2) is 24.3 Å². The standard InChI is InChI=1S/C17H23BrN2O4/c1-17(2,3)14(18)15(22)19-9-8-13(21)20-12-7-5-6-11(10-12)16(23)24-4/h5-7,10,14H,8-9H2,1-4H3,(H,19,22)(H,20,21)/t14-/m0/s1. The van der Waals surface area contributed by atoms with Crippen LogP contribution in [0.25, 0.3) is 0 Å². The Balaban J connectivity index is 2.47. The molecule has 0 radical (unpaired) electrons. The number of halogens is 1. The van der Waals surface area contributed by atoms with E-state index < -0.39 is 5.97 Å². The first-order chi connectivity index (χ1) is 11.1. The van der Waals surface area contributed by atoms with E-state index in [2.05, 4.69) is 31.3 Å². The maximum atomic E-state index is 11.9. The van der Waals surface area contributed by atoms with Gasteiger partial charge in [-0.2, -0.15) is 0 Å². The molecule has 7 heteroatoms. The Kier molecular flexibility index (Phi) is 7.41. The Bertz CT molecular complexity index is 611. The van der Waals surface area contributed by atoms with Crippen molar-refractivity contribution >= 4 is 39.4 Å². The molecule has 0 unspecified atom stereocenters. The van der Waals surface area contributed by atoms with Crippen LogP contribution in [0.1, 0.15) is 37.6 Å². The molecule has 1 atom stereocenters. The quantitative estimate of drug-likeness (QED) is 0.569. The van der Waals surface area contributed by atoms with Gasteiger partial charge in [-0.25, -0.2) is 4.79 Å². The number of esters is 1. The fraction of sp³-hybridized carbons (Fsp3) is 0.471. The van der Waals surface area contributed by atoms with E-state index in [0.29, 0.717) is 11.3 Å². The Hall–Kier alpha value is -1.89. The topological polar surface area (TPSA) is 84.5 Å². The summed E-state index contributed by atoms with van der Waals surface area (Å²) in [6.45, 7) is 6.09. The highest BCUT2D eigenvalue weighted by molar-refractivity contribution is 9.10. The van der Waals surface area contributed by atoms with Gasteiger partial charge < -0.3 is 15.4 Å². The number of methoxy groups -OCH3 is 1. The smallest absolute Gasteiger partial charge is 0.337 e. The normalized spacial score (nSPS) is 12.2. The average Bonchev–Trinajstić information content (AvgIpc) is 2.52. The molecule has 2 N–H and O–H groups in total. The van der Waals surface area contributed by atoms with Crippen LogP contribution in [0.5, 0.6) is 0 Å². The predicted octanol–water partition coefficient (Wildman–Crippen LogP) is 2.73. The Morgan fingerprint density at radius 3 is 2.50 bits per heavy atom. The molecule has 2 amide bonds. The van der Waals surface area contributed by atoms with Crippen molar-refractivity contribution in [3.05, 3.63) is 29.8 Å². The number of amides is 2. The summed E-state index contributed by atoms with van der Waals surface area (Å²) in [5.74, 6) is -0.869. The van der Waals surface area contributed by atoms with E-state index in [1.165, 1.54) is 13.2 Å². The SMILES string of the molecule is COC(=O)c1cccc(NC(=O)CCNC(=O)[C@H](Br)C(C)(C)C)c1. The van der Waals surface area contributed by atoms with Crippen molar-refractivity contribution < 1.29 is 19.1 Å². The van der Waals surface area contributed by atoms with Gasteiger partial charge in [0.2, 0.25) is 11.8 Å². The predicted molar refractivity (Wildman–Crippen MR) is 96.2 cm³/mol. The zero-order valence-electron chi connectivity index (χ0n) is 14.3. The number of carbonyl (C=O) groups excluding carboxylic acids is 3. The van der Waals surface area contributed by atoms with Gasteiger partial charge in [-0.1, -0.05) is 42.8 Å². The van der Waals surface area contributed by atoms with Crippen LogP contribution in [0.2, 0.25) is 0 Å². The van der Waals surface area contributed by atoms with Crippen molar-refractivity contribution in [3.8, 4) is 0 Å².